The van der Waals surface area contributed by atoms with E-state index in [9.17, 15) is 9.18 Å². The number of anilines is 1. The summed E-state index contributed by atoms with van der Waals surface area (Å²) in [7, 11) is 0. The molecule has 2 rings (SSSR count). The fourth-order valence-corrected chi connectivity index (χ4v) is 2.17. The summed E-state index contributed by atoms with van der Waals surface area (Å²) in [4.78, 5) is 12.9. The quantitative estimate of drug-likeness (QED) is 0.837. The molecule has 0 aromatic heterocycles. The van der Waals surface area contributed by atoms with Crippen molar-refractivity contribution >= 4 is 11.7 Å². The first-order valence-corrected chi connectivity index (χ1v) is 5.39. The largest absolute Gasteiger partial charge is 0.478 e. The molecule has 1 aromatic rings. The van der Waals surface area contributed by atoms with Crippen LogP contribution in [0, 0.1) is 5.82 Å². The van der Waals surface area contributed by atoms with E-state index in [1.165, 1.54) is 12.1 Å². The van der Waals surface area contributed by atoms with E-state index < -0.39 is 11.8 Å². The van der Waals surface area contributed by atoms with Crippen LogP contribution in [0.5, 0.6) is 0 Å². The molecule has 1 saturated heterocycles. The van der Waals surface area contributed by atoms with Crippen molar-refractivity contribution < 1.29 is 14.3 Å². The maximum atomic E-state index is 13.2. The molecule has 0 bridgehead atoms. The second-order valence-electron chi connectivity index (χ2n) is 4.15. The monoisotopic (exact) mass is 223 g/mol. The van der Waals surface area contributed by atoms with Crippen molar-refractivity contribution in [2.75, 3.05) is 11.4 Å². The second-order valence-corrected chi connectivity index (χ2v) is 4.15. The highest BCUT2D eigenvalue weighted by molar-refractivity contribution is 5.89. The molecule has 0 radical (unpaired) electrons. The molecule has 16 heavy (non-hydrogen) atoms. The zero-order valence-electron chi connectivity index (χ0n) is 9.11. The van der Waals surface area contributed by atoms with E-state index in [4.69, 9.17) is 5.11 Å². The standard InChI is InChI=1S/C12H14FNO2/c1-8-3-2-6-14(8)9-4-5-11(13)10(7-9)12(15)16/h4-5,7-8H,2-3,6H2,1H3,(H,15,16). The Labute approximate surface area is 93.5 Å². The molecule has 3 nitrogen and oxygen atoms in total. The highest BCUT2D eigenvalue weighted by Gasteiger charge is 2.22. The third kappa shape index (κ3) is 1.87. The minimum absolute atomic E-state index is 0.253. The van der Waals surface area contributed by atoms with Crippen molar-refractivity contribution in [3.05, 3.63) is 29.6 Å². The highest BCUT2D eigenvalue weighted by atomic mass is 19.1. The van der Waals surface area contributed by atoms with Gasteiger partial charge in [-0.1, -0.05) is 0 Å². The predicted molar refractivity (Wildman–Crippen MR) is 59.4 cm³/mol. The molecule has 1 aliphatic rings. The summed E-state index contributed by atoms with van der Waals surface area (Å²) in [5.74, 6) is -1.89. The minimum atomic E-state index is -1.22. The van der Waals surface area contributed by atoms with E-state index in [2.05, 4.69) is 11.8 Å². The van der Waals surface area contributed by atoms with Crippen LogP contribution in [0.15, 0.2) is 18.2 Å². The molecular weight excluding hydrogens is 209 g/mol. The fraction of sp³-hybridized carbons (Fsp3) is 0.417. The third-order valence-corrected chi connectivity index (χ3v) is 3.06. The van der Waals surface area contributed by atoms with Gasteiger partial charge in [-0.25, -0.2) is 9.18 Å². The maximum Gasteiger partial charge on any atom is 0.338 e. The third-order valence-electron chi connectivity index (χ3n) is 3.06. The zero-order valence-corrected chi connectivity index (χ0v) is 9.11. The van der Waals surface area contributed by atoms with Gasteiger partial charge in [0.2, 0.25) is 0 Å². The summed E-state index contributed by atoms with van der Waals surface area (Å²) < 4.78 is 13.2. The molecule has 4 heteroatoms. The van der Waals surface area contributed by atoms with Gasteiger partial charge >= 0.3 is 5.97 Å². The topological polar surface area (TPSA) is 40.5 Å². The lowest BCUT2D eigenvalue weighted by Gasteiger charge is -2.24. The van der Waals surface area contributed by atoms with Crippen LogP contribution in [0.25, 0.3) is 0 Å². The first-order valence-electron chi connectivity index (χ1n) is 5.39. The number of hydrogen-bond acceptors (Lipinski definition) is 2. The molecule has 1 heterocycles. The SMILES string of the molecule is CC1CCCN1c1ccc(F)c(C(=O)O)c1. The Hall–Kier alpha value is -1.58. The molecule has 0 amide bonds. The van der Waals surface area contributed by atoms with Crippen LogP contribution in [0.3, 0.4) is 0 Å². The van der Waals surface area contributed by atoms with Crippen LogP contribution in [0.4, 0.5) is 10.1 Å². The Kier molecular flexibility index (Phi) is 2.81. The molecule has 1 aromatic carbocycles. The van der Waals surface area contributed by atoms with E-state index >= 15 is 0 Å². The molecule has 86 valence electrons. The van der Waals surface area contributed by atoms with Gasteiger partial charge in [-0.05, 0) is 38.0 Å². The number of carboxylic acid groups (broad SMARTS) is 1. The molecule has 1 unspecified atom stereocenters. The van der Waals surface area contributed by atoms with Crippen LogP contribution >= 0.6 is 0 Å². The smallest absolute Gasteiger partial charge is 0.338 e. The van der Waals surface area contributed by atoms with Gasteiger partial charge in [-0.3, -0.25) is 0 Å². The Morgan fingerprint density at radius 2 is 2.31 bits per heavy atom. The molecule has 1 aliphatic heterocycles. The summed E-state index contributed by atoms with van der Waals surface area (Å²) in [5, 5.41) is 8.84. The van der Waals surface area contributed by atoms with Crippen LogP contribution in [-0.4, -0.2) is 23.7 Å². The Bertz CT molecular complexity index is 419. The van der Waals surface area contributed by atoms with Gasteiger partial charge < -0.3 is 10.0 Å². The highest BCUT2D eigenvalue weighted by Crippen LogP contribution is 2.26. The van der Waals surface area contributed by atoms with Gasteiger partial charge in [0.15, 0.2) is 0 Å². The van der Waals surface area contributed by atoms with E-state index in [0.717, 1.165) is 25.1 Å². The van der Waals surface area contributed by atoms with Gasteiger partial charge in [-0.15, -0.1) is 0 Å². The van der Waals surface area contributed by atoms with Crippen LogP contribution in [0.2, 0.25) is 0 Å². The molecule has 0 saturated carbocycles. The first kappa shape index (κ1) is 10.9. The van der Waals surface area contributed by atoms with Gasteiger partial charge in [0, 0.05) is 18.3 Å². The summed E-state index contributed by atoms with van der Waals surface area (Å²) in [6.07, 6.45) is 2.20. The van der Waals surface area contributed by atoms with Crippen molar-refractivity contribution in [3.8, 4) is 0 Å². The Morgan fingerprint density at radius 1 is 1.56 bits per heavy atom. The van der Waals surface area contributed by atoms with E-state index in [-0.39, 0.29) is 5.56 Å². The van der Waals surface area contributed by atoms with E-state index in [0.29, 0.717) is 6.04 Å². The molecule has 1 fully saturated rings. The fourth-order valence-electron chi connectivity index (χ4n) is 2.17. The van der Waals surface area contributed by atoms with Crippen LogP contribution in [-0.2, 0) is 0 Å². The van der Waals surface area contributed by atoms with Gasteiger partial charge in [0.1, 0.15) is 5.82 Å². The second kappa shape index (κ2) is 4.12. The van der Waals surface area contributed by atoms with Gasteiger partial charge in [0.05, 0.1) is 5.56 Å². The predicted octanol–water partition coefficient (Wildman–Crippen LogP) is 2.51. The molecule has 0 spiro atoms. The average molecular weight is 223 g/mol. The number of hydrogen-bond donors (Lipinski definition) is 1. The van der Waals surface area contributed by atoms with Crippen molar-refractivity contribution in [1.29, 1.82) is 0 Å². The summed E-state index contributed by atoms with van der Waals surface area (Å²) in [6.45, 7) is 3.00. The van der Waals surface area contributed by atoms with Crippen molar-refractivity contribution in [2.45, 2.75) is 25.8 Å². The minimum Gasteiger partial charge on any atom is -0.478 e. The number of halogens is 1. The van der Waals surface area contributed by atoms with Gasteiger partial charge in [0.25, 0.3) is 0 Å². The van der Waals surface area contributed by atoms with E-state index in [1.54, 1.807) is 6.07 Å². The lowest BCUT2D eigenvalue weighted by Crippen LogP contribution is -2.26. The molecule has 1 N–H and O–H groups in total. The summed E-state index contributed by atoms with van der Waals surface area (Å²) >= 11 is 0. The van der Waals surface area contributed by atoms with Gasteiger partial charge in [-0.2, -0.15) is 0 Å². The van der Waals surface area contributed by atoms with Crippen molar-refractivity contribution in [1.82, 2.24) is 0 Å². The number of nitrogens with zero attached hydrogens (tertiary/aromatic N) is 1. The zero-order chi connectivity index (χ0) is 11.7. The summed E-state index contributed by atoms with van der Waals surface area (Å²) in [6, 6.07) is 4.68. The van der Waals surface area contributed by atoms with Crippen LogP contribution < -0.4 is 4.90 Å². The number of benzene rings is 1. The molecular formula is C12H14FNO2. The Balaban J connectivity index is 2.35. The molecule has 0 aliphatic carbocycles. The number of carboxylic acids is 1. The average Bonchev–Trinajstić information content (AvgIpc) is 2.65. The maximum absolute atomic E-state index is 13.2. The lowest BCUT2D eigenvalue weighted by atomic mass is 10.1. The number of rotatable bonds is 2. The summed E-state index contributed by atoms with van der Waals surface area (Å²) in [5.41, 5.74) is 0.542. The molecule has 1 atom stereocenters. The Morgan fingerprint density at radius 3 is 2.88 bits per heavy atom. The van der Waals surface area contributed by atoms with Crippen molar-refractivity contribution in [2.24, 2.45) is 0 Å². The number of aromatic carboxylic acids is 1. The van der Waals surface area contributed by atoms with Crippen LogP contribution in [0.1, 0.15) is 30.1 Å². The lowest BCUT2D eigenvalue weighted by molar-refractivity contribution is 0.0692. The number of carbonyl (C=O) groups is 1. The van der Waals surface area contributed by atoms with Crippen molar-refractivity contribution in [3.63, 3.8) is 0 Å². The normalized spacial score (nSPS) is 20.1. The van der Waals surface area contributed by atoms with E-state index in [1.807, 2.05) is 0 Å². The first-order chi connectivity index (χ1) is 7.59.